The number of primary sulfonamides is 1. The Balaban J connectivity index is 3.09. The van der Waals surface area contributed by atoms with Crippen molar-refractivity contribution < 1.29 is 13.5 Å². The standard InChI is InChI=1S/C12H19NO3S/c1-12(2,3)11(14)8-9-6-4-5-7-10(9)17(13,15)16/h4-7,11,14H,8H2,1-3H3,(H2,13,15,16). The Morgan fingerprint density at radius 2 is 1.82 bits per heavy atom. The Morgan fingerprint density at radius 1 is 1.29 bits per heavy atom. The van der Waals surface area contributed by atoms with Crippen LogP contribution in [0.5, 0.6) is 0 Å². The van der Waals surface area contributed by atoms with Crippen LogP contribution >= 0.6 is 0 Å². The molecule has 1 unspecified atom stereocenters. The summed E-state index contributed by atoms with van der Waals surface area (Å²) in [4.78, 5) is 0.0864. The number of aliphatic hydroxyl groups excluding tert-OH is 1. The minimum Gasteiger partial charge on any atom is -0.392 e. The summed E-state index contributed by atoms with van der Waals surface area (Å²) in [5.41, 5.74) is 0.253. The summed E-state index contributed by atoms with van der Waals surface area (Å²) in [6.07, 6.45) is -0.346. The normalized spacial score (nSPS) is 14.6. The lowest BCUT2D eigenvalue weighted by atomic mass is 9.85. The first kappa shape index (κ1) is 14.2. The molecule has 0 radical (unpaired) electrons. The summed E-state index contributed by atoms with van der Waals surface area (Å²) in [7, 11) is -3.74. The van der Waals surface area contributed by atoms with Crippen LogP contribution in [-0.2, 0) is 16.4 Å². The molecule has 0 aliphatic heterocycles. The fraction of sp³-hybridized carbons (Fsp3) is 0.500. The Morgan fingerprint density at radius 3 is 2.29 bits per heavy atom. The molecule has 0 fully saturated rings. The molecule has 1 aromatic rings. The van der Waals surface area contributed by atoms with Crippen molar-refractivity contribution in [1.82, 2.24) is 0 Å². The molecule has 0 aliphatic carbocycles. The van der Waals surface area contributed by atoms with E-state index in [0.29, 0.717) is 5.56 Å². The van der Waals surface area contributed by atoms with Crippen molar-refractivity contribution >= 4 is 10.0 Å². The van der Waals surface area contributed by atoms with E-state index in [1.165, 1.54) is 6.07 Å². The Kier molecular flexibility index (Phi) is 3.96. The Hall–Kier alpha value is -0.910. The molecule has 1 aromatic carbocycles. The fourth-order valence-electron chi connectivity index (χ4n) is 1.46. The van der Waals surface area contributed by atoms with Gasteiger partial charge in [-0.25, -0.2) is 13.6 Å². The van der Waals surface area contributed by atoms with E-state index in [0.717, 1.165) is 0 Å². The highest BCUT2D eigenvalue weighted by Gasteiger charge is 2.24. The SMILES string of the molecule is CC(C)(C)C(O)Cc1ccccc1S(N)(=O)=O. The predicted molar refractivity (Wildman–Crippen MR) is 67.0 cm³/mol. The summed E-state index contributed by atoms with van der Waals surface area (Å²) in [5.74, 6) is 0. The van der Waals surface area contributed by atoms with Crippen LogP contribution in [0.15, 0.2) is 29.2 Å². The lowest BCUT2D eigenvalue weighted by Crippen LogP contribution is -2.29. The van der Waals surface area contributed by atoms with Crippen LogP contribution in [0.3, 0.4) is 0 Å². The van der Waals surface area contributed by atoms with Crippen LogP contribution in [0.2, 0.25) is 0 Å². The van der Waals surface area contributed by atoms with Gasteiger partial charge in [0.2, 0.25) is 10.0 Å². The molecule has 0 heterocycles. The third-order valence-corrected chi connectivity index (χ3v) is 3.70. The number of benzene rings is 1. The molecular weight excluding hydrogens is 238 g/mol. The van der Waals surface area contributed by atoms with Gasteiger partial charge in [-0.3, -0.25) is 0 Å². The van der Waals surface area contributed by atoms with E-state index >= 15 is 0 Å². The zero-order valence-corrected chi connectivity index (χ0v) is 11.2. The van der Waals surface area contributed by atoms with Gasteiger partial charge in [0.25, 0.3) is 0 Å². The molecule has 3 N–H and O–H groups in total. The van der Waals surface area contributed by atoms with Crippen LogP contribution in [0.1, 0.15) is 26.3 Å². The van der Waals surface area contributed by atoms with Crippen LogP contribution in [-0.4, -0.2) is 19.6 Å². The summed E-state index contributed by atoms with van der Waals surface area (Å²) in [6, 6.07) is 6.49. The summed E-state index contributed by atoms with van der Waals surface area (Å²) in [6.45, 7) is 5.70. The minimum atomic E-state index is -3.74. The van der Waals surface area contributed by atoms with Gasteiger partial charge < -0.3 is 5.11 Å². The molecule has 1 rings (SSSR count). The Bertz CT molecular complexity index is 489. The molecule has 0 saturated carbocycles. The monoisotopic (exact) mass is 257 g/mol. The van der Waals surface area contributed by atoms with Crippen molar-refractivity contribution in [3.05, 3.63) is 29.8 Å². The third-order valence-electron chi connectivity index (χ3n) is 2.69. The van der Waals surface area contributed by atoms with E-state index in [4.69, 9.17) is 5.14 Å². The fourth-order valence-corrected chi connectivity index (χ4v) is 2.25. The van der Waals surface area contributed by atoms with Crippen LogP contribution in [0, 0.1) is 5.41 Å². The maximum Gasteiger partial charge on any atom is 0.238 e. The second kappa shape index (κ2) is 4.76. The van der Waals surface area contributed by atoms with Crippen molar-refractivity contribution in [2.24, 2.45) is 10.6 Å². The van der Waals surface area contributed by atoms with Crippen LogP contribution in [0.25, 0.3) is 0 Å². The first-order valence-corrected chi connectivity index (χ1v) is 6.96. The lowest BCUT2D eigenvalue weighted by Gasteiger charge is -2.26. The smallest absolute Gasteiger partial charge is 0.238 e. The quantitative estimate of drug-likeness (QED) is 0.856. The molecule has 0 aromatic heterocycles. The van der Waals surface area contributed by atoms with Gasteiger partial charge in [-0.1, -0.05) is 39.0 Å². The average Bonchev–Trinajstić information content (AvgIpc) is 2.15. The van der Waals surface area contributed by atoms with Gasteiger partial charge in [-0.15, -0.1) is 0 Å². The van der Waals surface area contributed by atoms with Gasteiger partial charge in [0.15, 0.2) is 0 Å². The number of nitrogens with two attached hydrogens (primary N) is 1. The van der Waals surface area contributed by atoms with Gasteiger partial charge in [0.1, 0.15) is 0 Å². The number of sulfonamides is 1. The molecule has 1 atom stereocenters. The maximum atomic E-state index is 11.4. The second-order valence-corrected chi connectivity index (χ2v) is 6.77. The highest BCUT2D eigenvalue weighted by atomic mass is 32.2. The highest BCUT2D eigenvalue weighted by Crippen LogP contribution is 2.24. The largest absolute Gasteiger partial charge is 0.392 e. The average molecular weight is 257 g/mol. The van der Waals surface area contributed by atoms with E-state index in [1.807, 2.05) is 20.8 Å². The van der Waals surface area contributed by atoms with Crippen molar-refractivity contribution in [2.75, 3.05) is 0 Å². The lowest BCUT2D eigenvalue weighted by molar-refractivity contribution is 0.0631. The first-order chi connectivity index (χ1) is 7.62. The molecule has 4 nitrogen and oxygen atoms in total. The van der Waals surface area contributed by atoms with Gasteiger partial charge >= 0.3 is 0 Å². The van der Waals surface area contributed by atoms with E-state index in [1.54, 1.807) is 18.2 Å². The van der Waals surface area contributed by atoms with Crippen molar-refractivity contribution in [3.63, 3.8) is 0 Å². The molecule has 96 valence electrons. The Labute approximate surface area is 103 Å². The molecule has 0 bridgehead atoms. The molecular formula is C12H19NO3S. The first-order valence-electron chi connectivity index (χ1n) is 5.41. The third kappa shape index (κ3) is 3.80. The molecule has 0 saturated heterocycles. The predicted octanol–water partition coefficient (Wildman–Crippen LogP) is 1.28. The van der Waals surface area contributed by atoms with E-state index in [-0.39, 0.29) is 16.7 Å². The van der Waals surface area contributed by atoms with E-state index in [2.05, 4.69) is 0 Å². The zero-order valence-electron chi connectivity index (χ0n) is 10.3. The van der Waals surface area contributed by atoms with E-state index < -0.39 is 16.1 Å². The number of aliphatic hydroxyl groups is 1. The van der Waals surface area contributed by atoms with Gasteiger partial charge in [-0.2, -0.15) is 0 Å². The molecule has 0 aliphatic rings. The number of hydrogen-bond donors (Lipinski definition) is 2. The number of hydrogen-bond acceptors (Lipinski definition) is 3. The zero-order chi connectivity index (χ0) is 13.3. The molecule has 0 spiro atoms. The van der Waals surface area contributed by atoms with Gasteiger partial charge in [-0.05, 0) is 17.0 Å². The van der Waals surface area contributed by atoms with Crippen molar-refractivity contribution in [2.45, 2.75) is 38.2 Å². The second-order valence-electron chi connectivity index (χ2n) is 5.24. The van der Waals surface area contributed by atoms with Gasteiger partial charge in [0, 0.05) is 6.42 Å². The molecule has 5 heteroatoms. The van der Waals surface area contributed by atoms with Crippen LogP contribution < -0.4 is 5.14 Å². The topological polar surface area (TPSA) is 80.4 Å². The highest BCUT2D eigenvalue weighted by molar-refractivity contribution is 7.89. The summed E-state index contributed by atoms with van der Waals surface area (Å²) >= 11 is 0. The van der Waals surface area contributed by atoms with Crippen molar-refractivity contribution in [3.8, 4) is 0 Å². The van der Waals surface area contributed by atoms with E-state index in [9.17, 15) is 13.5 Å². The molecule has 0 amide bonds. The summed E-state index contributed by atoms with van der Waals surface area (Å²) < 4.78 is 22.8. The summed E-state index contributed by atoms with van der Waals surface area (Å²) in [5, 5.41) is 15.1. The minimum absolute atomic E-state index is 0.0864. The van der Waals surface area contributed by atoms with Crippen molar-refractivity contribution in [1.29, 1.82) is 0 Å². The van der Waals surface area contributed by atoms with Gasteiger partial charge in [0.05, 0.1) is 11.0 Å². The maximum absolute atomic E-state index is 11.4. The molecule has 17 heavy (non-hydrogen) atoms. The number of rotatable bonds is 3. The van der Waals surface area contributed by atoms with Crippen LogP contribution in [0.4, 0.5) is 0 Å².